The molecule has 41 heavy (non-hydrogen) atoms. The third-order valence-corrected chi connectivity index (χ3v) is 11.4. The molecule has 2 rings (SSSR count). The topological polar surface area (TPSA) is 57.2 Å². The summed E-state index contributed by atoms with van der Waals surface area (Å²) in [4.78, 5) is 19.6. The van der Waals surface area contributed by atoms with Gasteiger partial charge in [0.25, 0.3) is 5.91 Å². The Morgan fingerprint density at radius 3 is 2.22 bits per heavy atom. The van der Waals surface area contributed by atoms with Crippen LogP contribution in [0.1, 0.15) is 52.7 Å². The fraction of sp³-hybridized carbons (Fsp3) is 0.441. The van der Waals surface area contributed by atoms with Gasteiger partial charge in [-0.25, -0.2) is 5.06 Å². The van der Waals surface area contributed by atoms with Crippen LogP contribution in [0.15, 0.2) is 90.7 Å². The van der Waals surface area contributed by atoms with Crippen molar-refractivity contribution in [2.75, 3.05) is 13.7 Å². The lowest BCUT2D eigenvalue weighted by Crippen LogP contribution is -2.40. The molecule has 2 aromatic carbocycles. The molecule has 1 amide bonds. The Hall–Kier alpha value is -3.13. The van der Waals surface area contributed by atoms with Gasteiger partial charge in [0.15, 0.2) is 0 Å². The lowest BCUT2D eigenvalue weighted by Gasteiger charge is -2.37. The molecule has 2 aromatic rings. The van der Waals surface area contributed by atoms with Gasteiger partial charge in [-0.15, -0.1) is 0 Å². The van der Waals surface area contributed by atoms with Crippen LogP contribution < -0.4 is 4.74 Å². The Labute approximate surface area is 248 Å². The molecule has 0 aliphatic heterocycles. The predicted molar refractivity (Wildman–Crippen MR) is 170 cm³/mol. The van der Waals surface area contributed by atoms with E-state index in [4.69, 9.17) is 18.7 Å². The highest BCUT2D eigenvalue weighted by Crippen LogP contribution is 2.38. The summed E-state index contributed by atoms with van der Waals surface area (Å²) in [6.07, 6.45) is 4.81. The first-order valence-electron chi connectivity index (χ1n) is 14.2. The molecule has 0 spiro atoms. The Balaban J connectivity index is 2.31. The van der Waals surface area contributed by atoms with Crippen molar-refractivity contribution in [2.24, 2.45) is 5.92 Å². The Kier molecular flexibility index (Phi) is 13.1. The van der Waals surface area contributed by atoms with Crippen LogP contribution in [0.2, 0.25) is 18.1 Å². The van der Waals surface area contributed by atoms with Crippen LogP contribution in [0, 0.1) is 5.92 Å². The second-order valence-electron chi connectivity index (χ2n) is 12.1. The van der Waals surface area contributed by atoms with Crippen molar-refractivity contribution in [3.63, 3.8) is 0 Å². The number of carbonyl (C=O) groups excluding carboxylic acids is 1. The smallest absolute Gasteiger partial charge is 0.270 e. The predicted octanol–water partition coefficient (Wildman–Crippen LogP) is 8.23. The highest BCUT2D eigenvalue weighted by atomic mass is 28.4. The van der Waals surface area contributed by atoms with E-state index < -0.39 is 14.4 Å². The first-order valence-corrected chi connectivity index (χ1v) is 17.1. The van der Waals surface area contributed by atoms with E-state index in [1.807, 2.05) is 87.5 Å². The molecule has 0 aliphatic carbocycles. The van der Waals surface area contributed by atoms with Crippen LogP contribution in [-0.4, -0.2) is 39.1 Å². The maximum atomic E-state index is 13.3. The van der Waals surface area contributed by atoms with Gasteiger partial charge in [-0.1, -0.05) is 89.7 Å². The number of hydrogen-bond donors (Lipinski definition) is 0. The number of hydroxylamine groups is 2. The maximum absolute atomic E-state index is 13.3. The summed E-state index contributed by atoms with van der Waals surface area (Å²) in [6, 6.07) is 17.5. The fourth-order valence-corrected chi connectivity index (χ4v) is 4.56. The third kappa shape index (κ3) is 11.7. The number of nitrogens with zero attached hydrogens (tertiary/aromatic N) is 1. The number of carbonyl (C=O) groups is 1. The second kappa shape index (κ2) is 15.8. The van der Waals surface area contributed by atoms with E-state index in [-0.39, 0.29) is 23.5 Å². The number of rotatable bonds is 15. The molecule has 1 unspecified atom stereocenters. The molecule has 224 valence electrons. The Bertz CT molecular complexity index is 1160. The summed E-state index contributed by atoms with van der Waals surface area (Å²) in [5.41, 5.74) is 2.81. The quantitative estimate of drug-likeness (QED) is 0.0699. The van der Waals surface area contributed by atoms with Gasteiger partial charge in [0, 0.05) is 6.08 Å². The van der Waals surface area contributed by atoms with E-state index in [2.05, 4.69) is 40.4 Å². The van der Waals surface area contributed by atoms with Crippen molar-refractivity contribution < 1.29 is 23.5 Å². The third-order valence-electron chi connectivity index (χ3n) is 7.07. The molecule has 0 N–H and O–H groups in total. The molecule has 6 nitrogen and oxygen atoms in total. The van der Waals surface area contributed by atoms with Gasteiger partial charge in [0.2, 0.25) is 8.32 Å². The van der Waals surface area contributed by atoms with E-state index >= 15 is 0 Å². The lowest BCUT2D eigenvalue weighted by atomic mass is 10.2. The van der Waals surface area contributed by atoms with Crippen LogP contribution in [0.3, 0.4) is 0 Å². The van der Waals surface area contributed by atoms with Gasteiger partial charge in [-0.05, 0) is 65.9 Å². The largest absolute Gasteiger partial charge is 0.544 e. The minimum Gasteiger partial charge on any atom is -0.544 e. The number of allylic oxidation sites excluding steroid dienone is 2. The SMILES string of the molecule is C=C(O[Si](C)(C)C(C)(C)C)/C(C)=C/C(COCc1ccc(OC)cc1)ON(Cc1ccccc1)C(=O)/C=C\C(C)C. The molecule has 0 saturated carbocycles. The van der Waals surface area contributed by atoms with Gasteiger partial charge in [0.05, 0.1) is 32.6 Å². The molecule has 0 aromatic heterocycles. The molecule has 0 bridgehead atoms. The Morgan fingerprint density at radius 2 is 1.66 bits per heavy atom. The van der Waals surface area contributed by atoms with Gasteiger partial charge >= 0.3 is 0 Å². The minimum atomic E-state index is -2.08. The van der Waals surface area contributed by atoms with E-state index in [1.54, 1.807) is 13.2 Å². The maximum Gasteiger partial charge on any atom is 0.270 e. The summed E-state index contributed by atoms with van der Waals surface area (Å²) >= 11 is 0. The number of benzene rings is 2. The van der Waals surface area contributed by atoms with Gasteiger partial charge in [-0.3, -0.25) is 9.63 Å². The Morgan fingerprint density at radius 1 is 1.02 bits per heavy atom. The number of hydrogen-bond acceptors (Lipinski definition) is 5. The van der Waals surface area contributed by atoms with Crippen molar-refractivity contribution in [3.05, 3.63) is 102 Å². The molecule has 0 saturated heterocycles. The zero-order chi connectivity index (χ0) is 30.6. The van der Waals surface area contributed by atoms with Crippen molar-refractivity contribution in [2.45, 2.75) is 78.9 Å². The second-order valence-corrected chi connectivity index (χ2v) is 16.8. The number of methoxy groups -OCH3 is 1. The van der Waals surface area contributed by atoms with Crippen LogP contribution in [0.25, 0.3) is 0 Å². The molecule has 0 heterocycles. The van der Waals surface area contributed by atoms with Gasteiger partial charge < -0.3 is 13.9 Å². The normalized spacial score (nSPS) is 13.4. The highest BCUT2D eigenvalue weighted by molar-refractivity contribution is 6.74. The number of ether oxygens (including phenoxy) is 2. The van der Waals surface area contributed by atoms with Crippen molar-refractivity contribution in [3.8, 4) is 5.75 Å². The van der Waals surface area contributed by atoms with Crippen LogP contribution in [-0.2, 0) is 31.9 Å². The molecular weight excluding hydrogens is 530 g/mol. The van der Waals surface area contributed by atoms with Gasteiger partial charge in [0.1, 0.15) is 11.9 Å². The average Bonchev–Trinajstić information content (AvgIpc) is 2.91. The van der Waals surface area contributed by atoms with Gasteiger partial charge in [-0.2, -0.15) is 0 Å². The molecular formula is C34H49NO5Si. The van der Waals surface area contributed by atoms with Crippen molar-refractivity contribution in [1.82, 2.24) is 5.06 Å². The first kappa shape index (κ1) is 34.1. The van der Waals surface area contributed by atoms with E-state index in [0.717, 1.165) is 22.4 Å². The van der Waals surface area contributed by atoms with E-state index in [1.165, 1.54) is 5.06 Å². The summed E-state index contributed by atoms with van der Waals surface area (Å²) in [6.45, 7) is 22.1. The standard InChI is InChI=1S/C34H49NO5Si/c1-26(2)16-21-33(36)35(23-29-14-12-11-13-15-29)39-32(25-38-24-30-17-19-31(37-8)20-18-30)22-27(3)28(4)40-41(9,10)34(5,6)7/h11-22,26,32H,4,23-25H2,1-3,5-10H3/b21-16-,27-22+. The lowest BCUT2D eigenvalue weighted by molar-refractivity contribution is -0.205. The summed E-state index contributed by atoms with van der Waals surface area (Å²) in [7, 11) is -0.435. The minimum absolute atomic E-state index is 0.0370. The summed E-state index contributed by atoms with van der Waals surface area (Å²) in [5, 5.41) is 1.44. The monoisotopic (exact) mass is 579 g/mol. The molecule has 0 fully saturated rings. The van der Waals surface area contributed by atoms with Crippen LogP contribution >= 0.6 is 0 Å². The summed E-state index contributed by atoms with van der Waals surface area (Å²) < 4.78 is 17.8. The average molecular weight is 580 g/mol. The zero-order valence-electron chi connectivity index (χ0n) is 26.4. The highest BCUT2D eigenvalue weighted by Gasteiger charge is 2.39. The van der Waals surface area contributed by atoms with Crippen molar-refractivity contribution in [1.29, 1.82) is 0 Å². The fourth-order valence-electron chi connectivity index (χ4n) is 3.47. The molecule has 7 heteroatoms. The summed E-state index contributed by atoms with van der Waals surface area (Å²) in [5.74, 6) is 1.41. The number of amides is 1. The van der Waals surface area contributed by atoms with E-state index in [9.17, 15) is 4.79 Å². The molecule has 0 aliphatic rings. The molecule has 1 atom stereocenters. The zero-order valence-corrected chi connectivity index (χ0v) is 27.4. The first-order chi connectivity index (χ1) is 19.2. The van der Waals surface area contributed by atoms with Crippen molar-refractivity contribution >= 4 is 14.2 Å². The van der Waals surface area contributed by atoms with Crippen LogP contribution in [0.5, 0.6) is 5.75 Å². The van der Waals surface area contributed by atoms with Crippen LogP contribution in [0.4, 0.5) is 0 Å². The van der Waals surface area contributed by atoms with E-state index in [0.29, 0.717) is 18.9 Å². The molecule has 0 radical (unpaired) electrons.